The normalized spacial score (nSPS) is 12.6. The van der Waals surface area contributed by atoms with E-state index in [0.29, 0.717) is 19.3 Å². The fraction of sp³-hybridized carbons (Fsp3) is 0.705. The lowest BCUT2D eigenvalue weighted by Crippen LogP contribution is -2.30. The third kappa shape index (κ3) is 36.4. The van der Waals surface area contributed by atoms with Crippen LogP contribution in [-0.2, 0) is 28.6 Å². The molecule has 1 atom stereocenters. The van der Waals surface area contributed by atoms with Gasteiger partial charge in [-0.2, -0.15) is 0 Å². The molecule has 0 aliphatic carbocycles. The maximum absolute atomic E-state index is 12.5. The summed E-state index contributed by atoms with van der Waals surface area (Å²) in [4.78, 5) is 37.1. The van der Waals surface area contributed by atoms with Crippen LogP contribution in [0.4, 0.5) is 0 Å². The van der Waals surface area contributed by atoms with Gasteiger partial charge < -0.3 is 14.2 Å². The number of ether oxygens (including phenoxy) is 3. The Balaban J connectivity index is 4.15. The molecule has 0 radical (unpaired) electrons. The van der Waals surface area contributed by atoms with Crippen molar-refractivity contribution in [2.75, 3.05) is 13.2 Å². The third-order valence-corrected chi connectivity index (χ3v) is 8.29. The summed E-state index contributed by atoms with van der Waals surface area (Å²) in [6.07, 6.45) is 45.4. The molecule has 0 aromatic carbocycles. The van der Waals surface area contributed by atoms with Crippen LogP contribution in [0, 0.1) is 0 Å². The molecule has 0 saturated carbocycles. The van der Waals surface area contributed by atoms with E-state index in [9.17, 15) is 14.4 Å². The summed E-state index contributed by atoms with van der Waals surface area (Å²) in [5.74, 6) is -0.934. The summed E-state index contributed by atoms with van der Waals surface area (Å²) in [7, 11) is 0. The molecule has 6 heteroatoms. The van der Waals surface area contributed by atoms with E-state index in [-0.39, 0.29) is 31.1 Å². The van der Waals surface area contributed by atoms with Crippen molar-refractivity contribution in [2.45, 2.75) is 187 Å². The van der Waals surface area contributed by atoms with E-state index in [0.717, 1.165) is 116 Å². The SMILES string of the molecule is CC/C=C\C/C=C\C/C=C\C/C=C\C/C=C\CCCCCCCC(=O)OCC(COC(=O)CCCCCCC)OC(=O)CCCCCCCC. The van der Waals surface area contributed by atoms with Gasteiger partial charge in [-0.15, -0.1) is 0 Å². The Morgan fingerprint density at radius 3 is 1.22 bits per heavy atom. The van der Waals surface area contributed by atoms with Crippen LogP contribution in [0.1, 0.15) is 181 Å². The molecule has 0 heterocycles. The second-order valence-electron chi connectivity index (χ2n) is 13.2. The highest BCUT2D eigenvalue weighted by molar-refractivity contribution is 5.71. The van der Waals surface area contributed by atoms with Crippen molar-refractivity contribution in [3.63, 3.8) is 0 Å². The molecule has 0 rings (SSSR count). The van der Waals surface area contributed by atoms with Gasteiger partial charge in [0.05, 0.1) is 0 Å². The van der Waals surface area contributed by atoms with Crippen LogP contribution in [0.5, 0.6) is 0 Å². The Bertz CT molecular complexity index is 944. The van der Waals surface area contributed by atoms with Gasteiger partial charge in [-0.25, -0.2) is 0 Å². The van der Waals surface area contributed by atoms with Gasteiger partial charge in [0.2, 0.25) is 0 Å². The standard InChI is InChI=1S/C44H74O6/c1-4-7-10-13-15-16-17-18-19-20-21-22-23-24-25-26-27-28-29-32-34-37-43(46)49-40-41(39-48-42(45)36-33-30-12-9-6-3)50-44(47)38-35-31-14-11-8-5-2/h7,10,15-16,18-19,21-22,24-25,41H,4-6,8-9,11-14,17,20,23,26-40H2,1-3H3/b10-7-,16-15-,19-18-,22-21-,25-24-. The van der Waals surface area contributed by atoms with Crippen LogP contribution >= 0.6 is 0 Å². The maximum atomic E-state index is 12.5. The highest BCUT2D eigenvalue weighted by Gasteiger charge is 2.19. The first kappa shape index (κ1) is 47.1. The Kier molecular flexibility index (Phi) is 36.7. The molecule has 0 bridgehead atoms. The van der Waals surface area contributed by atoms with E-state index in [2.05, 4.69) is 81.5 Å². The molecule has 286 valence electrons. The Morgan fingerprint density at radius 1 is 0.420 bits per heavy atom. The van der Waals surface area contributed by atoms with Gasteiger partial charge in [-0.1, -0.05) is 159 Å². The Morgan fingerprint density at radius 2 is 0.780 bits per heavy atom. The maximum Gasteiger partial charge on any atom is 0.306 e. The first-order chi connectivity index (χ1) is 24.5. The van der Waals surface area contributed by atoms with Gasteiger partial charge in [0.1, 0.15) is 13.2 Å². The molecule has 0 saturated heterocycles. The van der Waals surface area contributed by atoms with Crippen LogP contribution < -0.4 is 0 Å². The molecule has 0 aliphatic heterocycles. The lowest BCUT2D eigenvalue weighted by Gasteiger charge is -2.18. The van der Waals surface area contributed by atoms with Crippen LogP contribution in [0.3, 0.4) is 0 Å². The smallest absolute Gasteiger partial charge is 0.306 e. The molecule has 0 amide bonds. The van der Waals surface area contributed by atoms with Gasteiger partial charge >= 0.3 is 17.9 Å². The molecule has 0 spiro atoms. The molecule has 6 nitrogen and oxygen atoms in total. The molecule has 0 N–H and O–H groups in total. The molecule has 50 heavy (non-hydrogen) atoms. The van der Waals surface area contributed by atoms with E-state index >= 15 is 0 Å². The summed E-state index contributed by atoms with van der Waals surface area (Å²) in [5.41, 5.74) is 0. The second-order valence-corrected chi connectivity index (χ2v) is 13.2. The van der Waals surface area contributed by atoms with Crippen molar-refractivity contribution in [3.8, 4) is 0 Å². The zero-order valence-electron chi connectivity index (χ0n) is 32.4. The summed E-state index contributed by atoms with van der Waals surface area (Å²) >= 11 is 0. The highest BCUT2D eigenvalue weighted by atomic mass is 16.6. The monoisotopic (exact) mass is 699 g/mol. The fourth-order valence-electron chi connectivity index (χ4n) is 5.23. The molecular formula is C44H74O6. The number of carbonyl (C=O) groups is 3. The third-order valence-electron chi connectivity index (χ3n) is 8.29. The topological polar surface area (TPSA) is 78.9 Å². The Labute approximate surface area is 307 Å². The van der Waals surface area contributed by atoms with Crippen molar-refractivity contribution < 1.29 is 28.6 Å². The largest absolute Gasteiger partial charge is 0.462 e. The zero-order chi connectivity index (χ0) is 36.6. The first-order valence-electron chi connectivity index (χ1n) is 20.3. The van der Waals surface area contributed by atoms with Crippen molar-refractivity contribution >= 4 is 17.9 Å². The molecule has 0 aliphatic rings. The molecule has 0 aromatic heterocycles. The summed E-state index contributed by atoms with van der Waals surface area (Å²) in [5, 5.41) is 0. The average Bonchev–Trinajstić information content (AvgIpc) is 3.11. The van der Waals surface area contributed by atoms with E-state index < -0.39 is 6.10 Å². The first-order valence-corrected chi connectivity index (χ1v) is 20.3. The highest BCUT2D eigenvalue weighted by Crippen LogP contribution is 2.12. The van der Waals surface area contributed by atoms with Gasteiger partial charge in [-0.3, -0.25) is 14.4 Å². The van der Waals surface area contributed by atoms with E-state index in [4.69, 9.17) is 14.2 Å². The average molecular weight is 699 g/mol. The van der Waals surface area contributed by atoms with Crippen molar-refractivity contribution in [2.24, 2.45) is 0 Å². The summed E-state index contributed by atoms with van der Waals surface area (Å²) in [6.45, 7) is 6.32. The number of hydrogen-bond acceptors (Lipinski definition) is 6. The van der Waals surface area contributed by atoms with Crippen molar-refractivity contribution in [1.82, 2.24) is 0 Å². The van der Waals surface area contributed by atoms with E-state index in [1.165, 1.54) is 25.7 Å². The van der Waals surface area contributed by atoms with Crippen molar-refractivity contribution in [1.29, 1.82) is 0 Å². The van der Waals surface area contributed by atoms with E-state index in [1.807, 2.05) is 0 Å². The summed E-state index contributed by atoms with van der Waals surface area (Å²) < 4.78 is 16.4. The number of allylic oxidation sites excluding steroid dienone is 10. The minimum atomic E-state index is -0.772. The number of esters is 3. The van der Waals surface area contributed by atoms with Crippen LogP contribution in [-0.4, -0.2) is 37.2 Å². The minimum absolute atomic E-state index is 0.0821. The van der Waals surface area contributed by atoms with Gasteiger partial charge in [0.25, 0.3) is 0 Å². The number of unbranched alkanes of at least 4 members (excludes halogenated alkanes) is 14. The van der Waals surface area contributed by atoms with Crippen LogP contribution in [0.2, 0.25) is 0 Å². The van der Waals surface area contributed by atoms with Gasteiger partial charge in [0.15, 0.2) is 6.10 Å². The van der Waals surface area contributed by atoms with Crippen molar-refractivity contribution in [3.05, 3.63) is 60.8 Å². The van der Waals surface area contributed by atoms with Crippen LogP contribution in [0.15, 0.2) is 60.8 Å². The number of rotatable bonds is 35. The lowest BCUT2D eigenvalue weighted by molar-refractivity contribution is -0.167. The Hall–Kier alpha value is -2.89. The molecule has 1 unspecified atom stereocenters. The zero-order valence-corrected chi connectivity index (χ0v) is 32.4. The molecule has 0 fully saturated rings. The quantitative estimate of drug-likeness (QED) is 0.0284. The van der Waals surface area contributed by atoms with Crippen LogP contribution in [0.25, 0.3) is 0 Å². The molecule has 0 aromatic rings. The van der Waals surface area contributed by atoms with Gasteiger partial charge in [-0.05, 0) is 64.2 Å². The van der Waals surface area contributed by atoms with Gasteiger partial charge in [0, 0.05) is 19.3 Å². The lowest BCUT2D eigenvalue weighted by atomic mass is 10.1. The fourth-order valence-corrected chi connectivity index (χ4v) is 5.23. The predicted molar refractivity (Wildman–Crippen MR) is 210 cm³/mol. The predicted octanol–water partition coefficient (Wildman–Crippen LogP) is 12.6. The second kappa shape index (κ2) is 38.9. The number of hydrogen-bond donors (Lipinski definition) is 0. The van der Waals surface area contributed by atoms with E-state index in [1.54, 1.807) is 0 Å². The molecular weight excluding hydrogens is 624 g/mol. The number of carbonyl (C=O) groups excluding carboxylic acids is 3. The minimum Gasteiger partial charge on any atom is -0.462 e. The summed E-state index contributed by atoms with van der Waals surface area (Å²) in [6, 6.07) is 0.